The number of imidazole rings is 1. The second-order valence-electron chi connectivity index (χ2n) is 7.67. The zero-order valence-corrected chi connectivity index (χ0v) is 19.2. The van der Waals surface area contributed by atoms with Crippen molar-refractivity contribution in [1.29, 1.82) is 0 Å². The number of rotatable bonds is 9. The highest BCUT2D eigenvalue weighted by atomic mass is 32.2. The van der Waals surface area contributed by atoms with Crippen LogP contribution in [0.2, 0.25) is 0 Å². The van der Waals surface area contributed by atoms with Crippen molar-refractivity contribution in [2.75, 3.05) is 4.72 Å². The Morgan fingerprint density at radius 3 is 2.29 bits per heavy atom. The lowest BCUT2D eigenvalue weighted by Gasteiger charge is -2.08. The van der Waals surface area contributed by atoms with Crippen molar-refractivity contribution < 1.29 is 13.2 Å². The van der Waals surface area contributed by atoms with E-state index < -0.39 is 10.0 Å². The van der Waals surface area contributed by atoms with Crippen LogP contribution >= 0.6 is 0 Å². The third kappa shape index (κ3) is 6.66. The number of carbonyl (C=O) groups is 1. The Kier molecular flexibility index (Phi) is 7.19. The van der Waals surface area contributed by atoms with Gasteiger partial charge in [-0.3, -0.25) is 9.52 Å². The summed E-state index contributed by atoms with van der Waals surface area (Å²) in [5.74, 6) is -0.235. The van der Waals surface area contributed by atoms with Crippen LogP contribution < -0.4 is 10.0 Å². The van der Waals surface area contributed by atoms with E-state index in [4.69, 9.17) is 0 Å². The van der Waals surface area contributed by atoms with Crippen LogP contribution in [0.15, 0.2) is 103 Å². The van der Waals surface area contributed by atoms with Gasteiger partial charge in [-0.2, -0.15) is 0 Å². The number of carbonyl (C=O) groups excluding carboxylic acids is 1. The molecule has 1 aromatic heterocycles. The molecular formula is C26H24N4O3S. The van der Waals surface area contributed by atoms with Crippen LogP contribution in [0, 0.1) is 0 Å². The first-order chi connectivity index (χ1) is 16.5. The summed E-state index contributed by atoms with van der Waals surface area (Å²) in [6.45, 7) is 1.13. The summed E-state index contributed by atoms with van der Waals surface area (Å²) >= 11 is 0. The number of amides is 1. The Labute approximate surface area is 198 Å². The lowest BCUT2D eigenvalue weighted by Crippen LogP contribution is -2.22. The molecule has 0 aliphatic carbocycles. The van der Waals surface area contributed by atoms with Gasteiger partial charge in [0.15, 0.2) is 0 Å². The second kappa shape index (κ2) is 10.6. The molecule has 0 saturated heterocycles. The van der Waals surface area contributed by atoms with E-state index in [0.717, 1.165) is 28.6 Å². The molecule has 0 radical (unpaired) electrons. The molecule has 0 atom stereocenters. The van der Waals surface area contributed by atoms with Crippen LogP contribution in [0.5, 0.6) is 0 Å². The molecule has 172 valence electrons. The quantitative estimate of drug-likeness (QED) is 0.380. The number of aromatic nitrogens is 2. The van der Waals surface area contributed by atoms with Crippen LogP contribution in [0.1, 0.15) is 27.0 Å². The number of nitrogens with one attached hydrogen (secondary N) is 2. The van der Waals surface area contributed by atoms with E-state index in [2.05, 4.69) is 15.0 Å². The number of anilines is 1. The maximum Gasteiger partial charge on any atom is 0.255 e. The van der Waals surface area contributed by atoms with Crippen LogP contribution in [0.4, 0.5) is 5.69 Å². The molecule has 0 saturated carbocycles. The maximum absolute atomic E-state index is 12.5. The fourth-order valence-electron chi connectivity index (χ4n) is 3.26. The first kappa shape index (κ1) is 23.0. The van der Waals surface area contributed by atoms with Gasteiger partial charge in [0, 0.05) is 36.7 Å². The first-order valence-electron chi connectivity index (χ1n) is 10.6. The summed E-state index contributed by atoms with van der Waals surface area (Å²) in [6.07, 6.45) is 6.94. The van der Waals surface area contributed by atoms with E-state index in [0.29, 0.717) is 17.8 Å². The van der Waals surface area contributed by atoms with Crippen LogP contribution in [0.25, 0.3) is 6.08 Å². The lowest BCUT2D eigenvalue weighted by atomic mass is 10.1. The smallest absolute Gasteiger partial charge is 0.255 e. The van der Waals surface area contributed by atoms with Gasteiger partial charge >= 0.3 is 0 Å². The molecule has 1 heterocycles. The molecule has 3 aromatic carbocycles. The molecule has 0 aliphatic heterocycles. The van der Waals surface area contributed by atoms with Crippen LogP contribution in [0.3, 0.4) is 0 Å². The van der Waals surface area contributed by atoms with E-state index in [1.165, 1.54) is 6.08 Å². The highest BCUT2D eigenvalue weighted by Gasteiger charge is 2.09. The lowest BCUT2D eigenvalue weighted by molar-refractivity contribution is 0.0951. The Morgan fingerprint density at radius 2 is 1.62 bits per heavy atom. The first-order valence-corrected chi connectivity index (χ1v) is 12.2. The third-order valence-electron chi connectivity index (χ3n) is 5.05. The van der Waals surface area contributed by atoms with Crippen molar-refractivity contribution in [1.82, 2.24) is 14.9 Å². The Bertz CT molecular complexity index is 1350. The number of sulfonamides is 1. The zero-order chi connectivity index (χ0) is 23.8. The number of nitrogens with zero attached hydrogens (tertiary/aromatic N) is 2. The van der Waals surface area contributed by atoms with Crippen molar-refractivity contribution in [3.05, 3.63) is 125 Å². The Morgan fingerprint density at radius 1 is 0.912 bits per heavy atom. The fourth-order valence-corrected chi connectivity index (χ4v) is 4.13. The molecule has 8 heteroatoms. The minimum atomic E-state index is -3.67. The van der Waals surface area contributed by atoms with E-state index in [1.807, 2.05) is 65.4 Å². The van der Waals surface area contributed by atoms with Crippen LogP contribution in [-0.4, -0.2) is 23.9 Å². The molecule has 0 spiro atoms. The molecule has 4 rings (SSSR count). The van der Waals surface area contributed by atoms with E-state index in [9.17, 15) is 13.2 Å². The van der Waals surface area contributed by atoms with Gasteiger partial charge in [-0.1, -0.05) is 54.6 Å². The van der Waals surface area contributed by atoms with E-state index in [1.54, 1.807) is 36.8 Å². The minimum absolute atomic E-state index is 0.235. The predicted octanol–water partition coefficient (Wildman–Crippen LogP) is 4.27. The van der Waals surface area contributed by atoms with Gasteiger partial charge in [-0.25, -0.2) is 13.4 Å². The van der Waals surface area contributed by atoms with Crippen molar-refractivity contribution in [3.8, 4) is 0 Å². The molecule has 0 bridgehead atoms. The van der Waals surface area contributed by atoms with Gasteiger partial charge in [0.2, 0.25) is 0 Å². The molecule has 4 aromatic rings. The highest BCUT2D eigenvalue weighted by molar-refractivity contribution is 7.95. The van der Waals surface area contributed by atoms with Gasteiger partial charge in [-0.15, -0.1) is 0 Å². The molecule has 1 amide bonds. The van der Waals surface area contributed by atoms with Crippen LogP contribution in [-0.2, 0) is 23.1 Å². The molecular weight excluding hydrogens is 448 g/mol. The summed E-state index contributed by atoms with van der Waals surface area (Å²) < 4.78 is 29.0. The summed E-state index contributed by atoms with van der Waals surface area (Å²) in [6, 6.07) is 23.5. The van der Waals surface area contributed by atoms with E-state index in [-0.39, 0.29) is 5.91 Å². The monoisotopic (exact) mass is 472 g/mol. The van der Waals surface area contributed by atoms with Crippen molar-refractivity contribution in [2.45, 2.75) is 13.1 Å². The Balaban J connectivity index is 1.29. The molecule has 0 fully saturated rings. The van der Waals surface area contributed by atoms with Crippen molar-refractivity contribution in [3.63, 3.8) is 0 Å². The van der Waals surface area contributed by atoms with Gasteiger partial charge in [-0.05, 0) is 47.0 Å². The summed E-state index contributed by atoms with van der Waals surface area (Å²) in [7, 11) is -3.67. The number of benzene rings is 3. The molecule has 7 nitrogen and oxygen atoms in total. The average Bonchev–Trinajstić information content (AvgIpc) is 3.36. The SMILES string of the molecule is O=C(NCc1ccc(Cn2ccnc2)cc1)c1ccc(NS(=O)(=O)/C=C/c2ccccc2)cc1. The summed E-state index contributed by atoms with van der Waals surface area (Å²) in [5.41, 5.74) is 3.73. The third-order valence-corrected chi connectivity index (χ3v) is 6.06. The fraction of sp³-hybridized carbons (Fsp3) is 0.0769. The molecule has 34 heavy (non-hydrogen) atoms. The maximum atomic E-state index is 12.5. The number of hydrogen-bond donors (Lipinski definition) is 2. The van der Waals surface area contributed by atoms with E-state index >= 15 is 0 Å². The van der Waals surface area contributed by atoms with Crippen molar-refractivity contribution in [2.24, 2.45) is 0 Å². The topological polar surface area (TPSA) is 93.1 Å². The van der Waals surface area contributed by atoms with Gasteiger partial charge in [0.05, 0.1) is 11.7 Å². The van der Waals surface area contributed by atoms with Gasteiger partial charge in [0.25, 0.3) is 15.9 Å². The normalized spacial score (nSPS) is 11.4. The van der Waals surface area contributed by atoms with Crippen molar-refractivity contribution >= 4 is 27.7 Å². The molecule has 2 N–H and O–H groups in total. The van der Waals surface area contributed by atoms with Gasteiger partial charge in [0.1, 0.15) is 0 Å². The summed E-state index contributed by atoms with van der Waals surface area (Å²) in [5, 5.41) is 4.00. The Hall–Kier alpha value is -4.17. The summed E-state index contributed by atoms with van der Waals surface area (Å²) in [4.78, 5) is 16.5. The van der Waals surface area contributed by atoms with Gasteiger partial charge < -0.3 is 9.88 Å². The largest absolute Gasteiger partial charge is 0.348 e. The second-order valence-corrected chi connectivity index (χ2v) is 9.24. The number of hydrogen-bond acceptors (Lipinski definition) is 4. The molecule has 0 aliphatic rings. The zero-order valence-electron chi connectivity index (χ0n) is 18.3. The highest BCUT2D eigenvalue weighted by Crippen LogP contribution is 2.13. The predicted molar refractivity (Wildman–Crippen MR) is 133 cm³/mol. The molecule has 0 unspecified atom stereocenters. The average molecular weight is 473 g/mol. The minimum Gasteiger partial charge on any atom is -0.348 e. The standard InChI is InChI=1S/C26H24N4O3S/c31-26(28-18-22-6-8-23(9-7-22)19-30-16-15-27-20-30)24-10-12-25(13-11-24)29-34(32,33)17-14-21-4-2-1-3-5-21/h1-17,20,29H,18-19H2,(H,28,31)/b17-14+.